The quantitative estimate of drug-likeness (QED) is 0.338. The van der Waals surface area contributed by atoms with E-state index in [2.05, 4.69) is 0 Å². The highest BCUT2D eigenvalue weighted by atomic mass is 35.5. The molecule has 7 nitrogen and oxygen atoms in total. The van der Waals surface area contributed by atoms with Crippen LogP contribution in [0.3, 0.4) is 0 Å². The van der Waals surface area contributed by atoms with Crippen molar-refractivity contribution in [3.8, 4) is 0 Å². The lowest BCUT2D eigenvalue weighted by Gasteiger charge is -2.28. The maximum Gasteiger partial charge on any atom is 0.500 e. The van der Waals surface area contributed by atoms with Crippen molar-refractivity contribution in [3.05, 3.63) is 0 Å². The molecule has 0 aromatic carbocycles. The third-order valence-corrected chi connectivity index (χ3v) is 7.33. The van der Waals surface area contributed by atoms with Crippen molar-refractivity contribution in [3.63, 3.8) is 0 Å². The number of hydrogen-bond acceptors (Lipinski definition) is 5. The van der Waals surface area contributed by atoms with Gasteiger partial charge in [-0.25, -0.2) is 9.21 Å². The summed E-state index contributed by atoms with van der Waals surface area (Å²) in [7, 11) is -2.76. The summed E-state index contributed by atoms with van der Waals surface area (Å²) in [6.45, 7) is 10.7. The van der Waals surface area contributed by atoms with E-state index in [0.29, 0.717) is 32.3 Å². The molecule has 0 saturated carbocycles. The zero-order valence-electron chi connectivity index (χ0n) is 14.6. The van der Waals surface area contributed by atoms with Crippen molar-refractivity contribution < 1.29 is 22.9 Å². The number of urea groups is 1. The Morgan fingerprint density at radius 2 is 1.52 bits per heavy atom. The Bertz CT molecular complexity index is 418. The number of amides is 3. The van der Waals surface area contributed by atoms with E-state index in [1.807, 2.05) is 20.8 Å². The van der Waals surface area contributed by atoms with Crippen molar-refractivity contribution in [2.45, 2.75) is 52.6 Å². The highest BCUT2D eigenvalue weighted by Gasteiger charge is 2.51. The second-order valence-corrected chi connectivity index (χ2v) is 8.73. The summed E-state index contributed by atoms with van der Waals surface area (Å²) in [5.74, 6) is -0.297. The molecule has 0 aromatic rings. The fourth-order valence-electron chi connectivity index (χ4n) is 2.50. The van der Waals surface area contributed by atoms with Crippen LogP contribution in [-0.2, 0) is 18.1 Å². The van der Waals surface area contributed by atoms with E-state index in [-0.39, 0.29) is 12.5 Å². The number of hydrogen-bond donors (Lipinski definition) is 0. The third kappa shape index (κ3) is 4.45. The van der Waals surface area contributed by atoms with Crippen LogP contribution >= 0.6 is 11.8 Å². The minimum absolute atomic E-state index is 0.270. The highest BCUT2D eigenvalue weighted by Crippen LogP contribution is 2.30. The summed E-state index contributed by atoms with van der Waals surface area (Å²) in [5.41, 5.74) is -1.02. The van der Waals surface area contributed by atoms with Crippen LogP contribution in [0.15, 0.2) is 0 Å². The summed E-state index contributed by atoms with van der Waals surface area (Å²) >= 11 is 5.92. The maximum absolute atomic E-state index is 12.3. The molecule has 1 aliphatic heterocycles. The molecule has 0 radical (unpaired) electrons. The van der Waals surface area contributed by atoms with Crippen molar-refractivity contribution in [2.24, 2.45) is 0 Å². The molecule has 0 spiro atoms. The molecule has 1 rings (SSSR count). The molecule has 0 aliphatic carbocycles. The van der Waals surface area contributed by atoms with E-state index < -0.39 is 20.4 Å². The number of carbonyl (C=O) groups excluding carboxylic acids is 2. The Balaban J connectivity index is 2.69. The Hall–Kier alpha value is -0.673. The molecule has 0 aromatic heterocycles. The Kier molecular flexibility index (Phi) is 7.47. The molecular formula is C14H27ClN2O5Si. The highest BCUT2D eigenvalue weighted by molar-refractivity contribution is 6.60. The fourth-order valence-corrected chi connectivity index (χ4v) is 5.26. The van der Waals surface area contributed by atoms with Crippen molar-refractivity contribution in [1.29, 1.82) is 0 Å². The largest absolute Gasteiger partial charge is 0.500 e. The van der Waals surface area contributed by atoms with E-state index in [0.717, 1.165) is 4.42 Å². The minimum atomic E-state index is -2.76. The molecule has 0 unspecified atom stereocenters. The summed E-state index contributed by atoms with van der Waals surface area (Å²) in [5, 5.41) is 0. The maximum atomic E-state index is 12.3. The summed E-state index contributed by atoms with van der Waals surface area (Å²) in [6.07, 6.45) is 0.546. The van der Waals surface area contributed by atoms with Gasteiger partial charge in [0.2, 0.25) is 0 Å². The van der Waals surface area contributed by atoms with E-state index in [1.54, 1.807) is 13.8 Å². The van der Waals surface area contributed by atoms with Gasteiger partial charge in [-0.3, -0.25) is 9.69 Å². The van der Waals surface area contributed by atoms with Gasteiger partial charge in [0.15, 0.2) is 0 Å². The molecule has 3 amide bonds. The normalized spacial score (nSPS) is 18.2. The fraction of sp³-hybridized carbons (Fsp3) is 0.857. The van der Waals surface area contributed by atoms with Gasteiger partial charge in [0.25, 0.3) is 5.91 Å². The van der Waals surface area contributed by atoms with Gasteiger partial charge in [0.05, 0.1) is 0 Å². The van der Waals surface area contributed by atoms with Gasteiger partial charge < -0.3 is 13.3 Å². The van der Waals surface area contributed by atoms with Crippen LogP contribution in [0.4, 0.5) is 4.79 Å². The van der Waals surface area contributed by atoms with Gasteiger partial charge in [0, 0.05) is 44.2 Å². The number of rotatable bonds is 10. The molecule has 23 heavy (non-hydrogen) atoms. The zero-order chi connectivity index (χ0) is 17.7. The van der Waals surface area contributed by atoms with Crippen molar-refractivity contribution >= 4 is 32.5 Å². The molecule has 9 heteroatoms. The molecule has 0 N–H and O–H groups in total. The monoisotopic (exact) mass is 366 g/mol. The van der Waals surface area contributed by atoms with Crippen LogP contribution in [0.5, 0.6) is 0 Å². The second-order valence-electron chi connectivity index (χ2n) is 5.66. The zero-order valence-corrected chi connectivity index (χ0v) is 16.3. The lowest BCUT2D eigenvalue weighted by atomic mass is 10.1. The number of carbonyl (C=O) groups is 2. The smallest absolute Gasteiger partial charge is 0.374 e. The first kappa shape index (κ1) is 20.4. The van der Waals surface area contributed by atoms with Crippen LogP contribution in [0.1, 0.15) is 41.0 Å². The lowest BCUT2D eigenvalue weighted by Crippen LogP contribution is -2.46. The average Bonchev–Trinajstić information content (AvgIpc) is 2.63. The SMILES string of the molecule is CCO[Si](CCCN1C(=O)N(Cl)C(C)(C)C1=O)(OCC)OCC. The Morgan fingerprint density at radius 3 is 1.87 bits per heavy atom. The lowest BCUT2D eigenvalue weighted by molar-refractivity contribution is -0.131. The topological polar surface area (TPSA) is 68.3 Å². The third-order valence-electron chi connectivity index (χ3n) is 3.62. The average molecular weight is 367 g/mol. The van der Waals surface area contributed by atoms with Gasteiger partial charge in [-0.15, -0.1) is 0 Å². The summed E-state index contributed by atoms with van der Waals surface area (Å²) < 4.78 is 18.2. The van der Waals surface area contributed by atoms with Gasteiger partial charge in [-0.05, 0) is 41.0 Å². The van der Waals surface area contributed by atoms with Crippen LogP contribution in [-0.4, -0.2) is 62.0 Å². The van der Waals surface area contributed by atoms with Crippen LogP contribution in [0.2, 0.25) is 6.04 Å². The standard InChI is InChI=1S/C14H27ClN2O5Si/c1-6-20-23(21-7-2,22-8-3)11-9-10-16-12(18)14(4,5)17(15)13(16)19/h6-11H2,1-5H3. The van der Waals surface area contributed by atoms with E-state index in [9.17, 15) is 9.59 Å². The predicted octanol–water partition coefficient (Wildman–Crippen LogP) is 2.62. The van der Waals surface area contributed by atoms with Crippen molar-refractivity contribution in [2.75, 3.05) is 26.4 Å². The predicted molar refractivity (Wildman–Crippen MR) is 88.9 cm³/mol. The number of halogens is 1. The van der Waals surface area contributed by atoms with E-state index in [1.165, 1.54) is 4.90 Å². The molecule has 0 atom stereocenters. The van der Waals surface area contributed by atoms with Gasteiger partial charge >= 0.3 is 14.8 Å². The van der Waals surface area contributed by atoms with Gasteiger partial charge in [0.1, 0.15) is 5.54 Å². The molecule has 134 valence electrons. The first-order valence-electron chi connectivity index (χ1n) is 7.99. The number of imide groups is 1. The summed E-state index contributed by atoms with van der Waals surface area (Å²) in [4.78, 5) is 25.5. The van der Waals surface area contributed by atoms with Gasteiger partial charge in [-0.1, -0.05) is 0 Å². The molecule has 1 aliphatic rings. The molecule has 1 fully saturated rings. The first-order valence-corrected chi connectivity index (χ1v) is 10.3. The summed E-state index contributed by atoms with van der Waals surface area (Å²) in [6, 6.07) is 0.0561. The van der Waals surface area contributed by atoms with Crippen LogP contribution in [0.25, 0.3) is 0 Å². The minimum Gasteiger partial charge on any atom is -0.374 e. The second kappa shape index (κ2) is 8.43. The molecule has 0 bridgehead atoms. The van der Waals surface area contributed by atoms with Crippen LogP contribution in [0, 0.1) is 0 Å². The van der Waals surface area contributed by atoms with E-state index >= 15 is 0 Å². The molecule has 1 saturated heterocycles. The van der Waals surface area contributed by atoms with Crippen LogP contribution < -0.4 is 0 Å². The molecular weight excluding hydrogens is 340 g/mol. The Labute approximate surface area is 144 Å². The first-order chi connectivity index (χ1) is 10.8. The van der Waals surface area contributed by atoms with Gasteiger partial charge in [-0.2, -0.15) is 0 Å². The number of nitrogens with zero attached hydrogens (tertiary/aromatic N) is 2. The molecule has 1 heterocycles. The van der Waals surface area contributed by atoms with Crippen molar-refractivity contribution in [1.82, 2.24) is 9.32 Å². The van der Waals surface area contributed by atoms with E-state index in [4.69, 9.17) is 25.1 Å². The Morgan fingerprint density at radius 1 is 1.04 bits per heavy atom.